The average molecular weight is 386 g/mol. The van der Waals surface area contributed by atoms with Gasteiger partial charge in [0.25, 0.3) is 0 Å². The van der Waals surface area contributed by atoms with Gasteiger partial charge in [-0.05, 0) is 58.0 Å². The molecule has 3 rings (SSSR count). The number of hydrogen-bond acceptors (Lipinski definition) is 2. The number of nitrogens with two attached hydrogens (primary N) is 1. The molecule has 0 saturated carbocycles. The third-order valence-corrected chi connectivity index (χ3v) is 4.28. The van der Waals surface area contributed by atoms with E-state index in [1.165, 1.54) is 3.57 Å². The highest BCUT2D eigenvalue weighted by Crippen LogP contribution is 2.37. The Hall–Kier alpha value is -0.780. The van der Waals surface area contributed by atoms with E-state index in [4.69, 9.17) is 22.1 Å². The van der Waals surface area contributed by atoms with Crippen LogP contribution in [0.15, 0.2) is 36.4 Å². The fourth-order valence-electron chi connectivity index (χ4n) is 2.38. The molecule has 4 heteroatoms. The maximum atomic E-state index is 6.37. The van der Waals surface area contributed by atoms with Crippen molar-refractivity contribution in [1.82, 2.24) is 0 Å². The summed E-state index contributed by atoms with van der Waals surface area (Å²) in [5.74, 6) is 0.912. The smallest absolute Gasteiger partial charge is 0.127 e. The van der Waals surface area contributed by atoms with E-state index in [9.17, 15) is 0 Å². The highest BCUT2D eigenvalue weighted by atomic mass is 127. The van der Waals surface area contributed by atoms with E-state index >= 15 is 0 Å². The van der Waals surface area contributed by atoms with Crippen molar-refractivity contribution in [2.45, 2.75) is 12.5 Å². The van der Waals surface area contributed by atoms with E-state index in [-0.39, 0.29) is 6.04 Å². The second-order valence-electron chi connectivity index (χ2n) is 4.61. The van der Waals surface area contributed by atoms with Gasteiger partial charge in [0.15, 0.2) is 0 Å². The van der Waals surface area contributed by atoms with Crippen LogP contribution in [-0.2, 0) is 6.42 Å². The number of fused-ring (bicyclic) bond motifs is 1. The second-order valence-corrected chi connectivity index (χ2v) is 6.29. The van der Waals surface area contributed by atoms with Gasteiger partial charge in [0.1, 0.15) is 5.75 Å². The highest BCUT2D eigenvalue weighted by molar-refractivity contribution is 14.1. The Bertz CT molecular complexity index is 612. The lowest BCUT2D eigenvalue weighted by atomic mass is 9.96. The molecule has 2 aromatic carbocycles. The molecule has 0 bridgehead atoms. The molecule has 0 aliphatic carbocycles. The van der Waals surface area contributed by atoms with Gasteiger partial charge in [-0.3, -0.25) is 0 Å². The molecule has 1 aliphatic rings. The third-order valence-electron chi connectivity index (χ3n) is 3.34. The van der Waals surface area contributed by atoms with Gasteiger partial charge in [-0.25, -0.2) is 0 Å². The quantitative estimate of drug-likeness (QED) is 0.795. The molecule has 0 fully saturated rings. The molecule has 1 atom stereocenters. The van der Waals surface area contributed by atoms with Crippen molar-refractivity contribution in [2.75, 3.05) is 6.61 Å². The maximum absolute atomic E-state index is 6.37. The lowest BCUT2D eigenvalue weighted by Crippen LogP contribution is -2.13. The molecular weight excluding hydrogens is 373 g/mol. The molecule has 1 aliphatic heterocycles. The van der Waals surface area contributed by atoms with E-state index in [1.807, 2.05) is 12.1 Å². The fourth-order valence-corrected chi connectivity index (χ4v) is 2.99. The predicted molar refractivity (Wildman–Crippen MR) is 85.8 cm³/mol. The zero-order valence-electron chi connectivity index (χ0n) is 10.2. The Morgan fingerprint density at radius 3 is 2.68 bits per heavy atom. The number of benzene rings is 2. The third kappa shape index (κ3) is 2.59. The standard InChI is InChI=1S/C15H13ClINO/c16-11-7-10-5-6-19-15(10)13(8-11)14(18)9-1-3-12(17)4-2-9/h1-4,7-8,14H,5-6,18H2. The summed E-state index contributed by atoms with van der Waals surface area (Å²) < 4.78 is 6.91. The summed E-state index contributed by atoms with van der Waals surface area (Å²) in [5.41, 5.74) is 9.57. The molecule has 0 spiro atoms. The summed E-state index contributed by atoms with van der Waals surface area (Å²) in [6, 6.07) is 11.9. The maximum Gasteiger partial charge on any atom is 0.127 e. The topological polar surface area (TPSA) is 35.2 Å². The normalized spacial score (nSPS) is 14.9. The van der Waals surface area contributed by atoms with Gasteiger partial charge >= 0.3 is 0 Å². The summed E-state index contributed by atoms with van der Waals surface area (Å²) in [7, 11) is 0. The van der Waals surface area contributed by atoms with Gasteiger partial charge in [-0.15, -0.1) is 0 Å². The molecule has 1 heterocycles. The summed E-state index contributed by atoms with van der Waals surface area (Å²) in [4.78, 5) is 0. The fraction of sp³-hybridized carbons (Fsp3) is 0.200. The molecule has 0 saturated heterocycles. The van der Waals surface area contributed by atoms with Crippen LogP contribution in [0.2, 0.25) is 5.02 Å². The summed E-state index contributed by atoms with van der Waals surface area (Å²) in [6.45, 7) is 0.710. The zero-order chi connectivity index (χ0) is 13.4. The van der Waals surface area contributed by atoms with Crippen molar-refractivity contribution in [3.8, 4) is 5.75 Å². The largest absolute Gasteiger partial charge is 0.493 e. The van der Waals surface area contributed by atoms with Gasteiger partial charge < -0.3 is 10.5 Å². The molecule has 2 aromatic rings. The van der Waals surface area contributed by atoms with Crippen molar-refractivity contribution in [3.05, 3.63) is 61.7 Å². The van der Waals surface area contributed by atoms with Crippen LogP contribution in [0.25, 0.3) is 0 Å². The van der Waals surface area contributed by atoms with Crippen molar-refractivity contribution in [2.24, 2.45) is 5.73 Å². The van der Waals surface area contributed by atoms with Crippen molar-refractivity contribution >= 4 is 34.2 Å². The van der Waals surface area contributed by atoms with Crippen LogP contribution in [0.5, 0.6) is 5.75 Å². The molecule has 1 unspecified atom stereocenters. The molecule has 0 amide bonds. The van der Waals surface area contributed by atoms with Crippen LogP contribution in [0.3, 0.4) is 0 Å². The van der Waals surface area contributed by atoms with Crippen LogP contribution >= 0.6 is 34.2 Å². The first-order chi connectivity index (χ1) is 9.15. The first-order valence-electron chi connectivity index (χ1n) is 6.11. The number of hydrogen-bond donors (Lipinski definition) is 1. The van der Waals surface area contributed by atoms with Crippen molar-refractivity contribution in [3.63, 3.8) is 0 Å². The second kappa shape index (κ2) is 5.31. The van der Waals surface area contributed by atoms with Crippen LogP contribution in [-0.4, -0.2) is 6.61 Å². The average Bonchev–Trinajstić information content (AvgIpc) is 2.85. The lowest BCUT2D eigenvalue weighted by Gasteiger charge is -2.16. The molecule has 0 aromatic heterocycles. The van der Waals surface area contributed by atoms with E-state index in [0.29, 0.717) is 6.61 Å². The van der Waals surface area contributed by atoms with Crippen LogP contribution in [0.1, 0.15) is 22.7 Å². The van der Waals surface area contributed by atoms with Gasteiger partial charge in [0, 0.05) is 20.6 Å². The molecule has 19 heavy (non-hydrogen) atoms. The Morgan fingerprint density at radius 1 is 1.21 bits per heavy atom. The van der Waals surface area contributed by atoms with Crippen LogP contribution < -0.4 is 10.5 Å². The van der Waals surface area contributed by atoms with E-state index in [2.05, 4.69) is 46.9 Å². The Kier molecular flexibility index (Phi) is 3.69. The van der Waals surface area contributed by atoms with Crippen LogP contribution in [0.4, 0.5) is 0 Å². The number of ether oxygens (including phenoxy) is 1. The van der Waals surface area contributed by atoms with E-state index in [1.54, 1.807) is 0 Å². The SMILES string of the molecule is NC(c1ccc(I)cc1)c1cc(Cl)cc2c1OCC2. The summed E-state index contributed by atoms with van der Waals surface area (Å²) in [5, 5.41) is 0.722. The monoisotopic (exact) mass is 385 g/mol. The van der Waals surface area contributed by atoms with Crippen molar-refractivity contribution in [1.29, 1.82) is 0 Å². The lowest BCUT2D eigenvalue weighted by molar-refractivity contribution is 0.352. The zero-order valence-corrected chi connectivity index (χ0v) is 13.1. The minimum Gasteiger partial charge on any atom is -0.493 e. The minimum absolute atomic E-state index is 0.206. The van der Waals surface area contributed by atoms with Gasteiger partial charge in [-0.2, -0.15) is 0 Å². The molecule has 2 nitrogen and oxygen atoms in total. The molecule has 0 radical (unpaired) electrons. The molecule has 2 N–H and O–H groups in total. The van der Waals surface area contributed by atoms with Gasteiger partial charge in [-0.1, -0.05) is 23.7 Å². The van der Waals surface area contributed by atoms with Crippen molar-refractivity contribution < 1.29 is 4.74 Å². The Balaban J connectivity index is 2.04. The molecule has 98 valence electrons. The Morgan fingerprint density at radius 2 is 1.95 bits per heavy atom. The van der Waals surface area contributed by atoms with Gasteiger partial charge in [0.05, 0.1) is 12.6 Å². The molecular formula is C15H13ClINO. The first-order valence-corrected chi connectivity index (χ1v) is 7.57. The van der Waals surface area contributed by atoms with Crippen LogP contribution in [0, 0.1) is 3.57 Å². The summed E-state index contributed by atoms with van der Waals surface area (Å²) in [6.07, 6.45) is 0.905. The summed E-state index contributed by atoms with van der Waals surface area (Å²) >= 11 is 8.46. The minimum atomic E-state index is -0.206. The first kappa shape index (κ1) is 13.2. The van der Waals surface area contributed by atoms with Gasteiger partial charge in [0.2, 0.25) is 0 Å². The number of halogens is 2. The van der Waals surface area contributed by atoms with E-state index in [0.717, 1.165) is 33.9 Å². The number of rotatable bonds is 2. The highest BCUT2D eigenvalue weighted by Gasteiger charge is 2.22. The Labute approximate surface area is 131 Å². The predicted octanol–water partition coefficient (Wildman–Crippen LogP) is 3.93. The van der Waals surface area contributed by atoms with E-state index < -0.39 is 0 Å².